The molecule has 0 unspecified atom stereocenters. The molecule has 0 spiro atoms. The van der Waals surface area contributed by atoms with Crippen molar-refractivity contribution in [1.82, 2.24) is 0 Å². The number of phenolic OH excluding ortho intramolecular Hbond substituents is 1. The van der Waals surface area contributed by atoms with E-state index in [9.17, 15) is 23.6 Å². The Morgan fingerprint density at radius 2 is 1.91 bits per heavy atom. The summed E-state index contributed by atoms with van der Waals surface area (Å²) < 4.78 is 33.7. The van der Waals surface area contributed by atoms with Crippen LogP contribution < -0.4 is 14.9 Å². The first-order chi connectivity index (χ1) is 15.7. The summed E-state index contributed by atoms with van der Waals surface area (Å²) in [6.45, 7) is 2.13. The van der Waals surface area contributed by atoms with Gasteiger partial charge in [0.2, 0.25) is 0 Å². The van der Waals surface area contributed by atoms with Crippen molar-refractivity contribution in [1.29, 1.82) is 0 Å². The van der Waals surface area contributed by atoms with Crippen LogP contribution in [0.3, 0.4) is 0 Å². The second-order valence-corrected chi connectivity index (χ2v) is 8.61. The van der Waals surface area contributed by atoms with E-state index in [4.69, 9.17) is 16.3 Å². The Morgan fingerprint density at radius 3 is 2.61 bits per heavy atom. The number of non-ortho nitro benzene ring substituents is 1. The number of aromatic hydroxyl groups is 1. The second-order valence-electron chi connectivity index (χ2n) is 6.55. The highest BCUT2D eigenvalue weighted by Gasteiger charge is 2.23. The van der Waals surface area contributed by atoms with Gasteiger partial charge in [-0.3, -0.25) is 20.3 Å². The molecule has 10 nitrogen and oxygen atoms in total. The molecule has 0 aliphatic carbocycles. The van der Waals surface area contributed by atoms with Gasteiger partial charge in [-0.25, -0.2) is 8.42 Å². The van der Waals surface area contributed by atoms with E-state index in [2.05, 4.69) is 15.2 Å². The largest absolute Gasteiger partial charge is 0.504 e. The number of rotatable bonds is 9. The molecule has 0 atom stereocenters. The molecule has 0 aliphatic rings. The van der Waals surface area contributed by atoms with Gasteiger partial charge in [0.15, 0.2) is 11.5 Å². The number of hydrazone groups is 1. The minimum Gasteiger partial charge on any atom is -0.504 e. The Bertz CT molecular complexity index is 1310. The van der Waals surface area contributed by atoms with Crippen LogP contribution in [0, 0.1) is 10.1 Å². The number of nitro benzene ring substituents is 1. The standard InChI is InChI=1S/C21H19ClN4O6S/c1-2-32-20-11-14(7-10-19(20)27)13-23-24-18-9-8-15(26(28)29)12-21(18)33(30,31)25-17-6-4-3-5-16(17)22/h3-13,24-25,27H,2H2,1H3/b23-13+. The number of hydrogen-bond donors (Lipinski definition) is 3. The number of sulfonamides is 1. The van der Waals surface area contributed by atoms with E-state index >= 15 is 0 Å². The smallest absolute Gasteiger partial charge is 0.270 e. The number of nitrogens with zero attached hydrogens (tertiary/aromatic N) is 2. The predicted octanol–water partition coefficient (Wildman–Crippen LogP) is 4.60. The molecule has 0 fully saturated rings. The third-order valence-corrected chi connectivity index (χ3v) is 6.00. The van der Waals surface area contributed by atoms with E-state index < -0.39 is 25.5 Å². The van der Waals surface area contributed by atoms with E-state index in [1.807, 2.05) is 0 Å². The molecule has 172 valence electrons. The Balaban J connectivity index is 1.93. The van der Waals surface area contributed by atoms with Crippen LogP contribution in [-0.2, 0) is 10.0 Å². The van der Waals surface area contributed by atoms with Crippen molar-refractivity contribution in [3.8, 4) is 11.5 Å². The summed E-state index contributed by atoms with van der Waals surface area (Å²) in [6, 6.07) is 14.1. The molecule has 3 aromatic carbocycles. The molecule has 0 saturated heterocycles. The average Bonchev–Trinajstić information content (AvgIpc) is 2.77. The van der Waals surface area contributed by atoms with Gasteiger partial charge in [0, 0.05) is 12.1 Å². The highest BCUT2D eigenvalue weighted by atomic mass is 35.5. The minimum absolute atomic E-state index is 0.000198. The minimum atomic E-state index is -4.27. The van der Waals surface area contributed by atoms with E-state index in [1.165, 1.54) is 30.5 Å². The molecule has 3 N–H and O–H groups in total. The Kier molecular flexibility index (Phi) is 7.36. The van der Waals surface area contributed by atoms with E-state index in [-0.39, 0.29) is 27.9 Å². The lowest BCUT2D eigenvalue weighted by molar-refractivity contribution is -0.385. The maximum absolute atomic E-state index is 13.0. The first-order valence-electron chi connectivity index (χ1n) is 9.52. The molecule has 0 radical (unpaired) electrons. The van der Waals surface area contributed by atoms with E-state index in [0.717, 1.165) is 12.1 Å². The monoisotopic (exact) mass is 490 g/mol. The molecule has 3 rings (SSSR count). The first kappa shape index (κ1) is 23.8. The van der Waals surface area contributed by atoms with Crippen LogP contribution in [0.1, 0.15) is 12.5 Å². The van der Waals surface area contributed by atoms with Crippen LogP contribution in [0.15, 0.2) is 70.7 Å². The fourth-order valence-electron chi connectivity index (χ4n) is 2.74. The lowest BCUT2D eigenvalue weighted by atomic mass is 10.2. The molecular weight excluding hydrogens is 472 g/mol. The van der Waals surface area contributed by atoms with Gasteiger partial charge in [-0.15, -0.1) is 0 Å². The van der Waals surface area contributed by atoms with E-state index in [1.54, 1.807) is 31.2 Å². The number of anilines is 2. The Morgan fingerprint density at radius 1 is 1.15 bits per heavy atom. The summed E-state index contributed by atoms with van der Waals surface area (Å²) in [4.78, 5) is 10.1. The summed E-state index contributed by atoms with van der Waals surface area (Å²) in [5.74, 6) is 0.236. The van der Waals surface area contributed by atoms with Gasteiger partial charge in [-0.2, -0.15) is 5.10 Å². The maximum Gasteiger partial charge on any atom is 0.270 e. The number of nitrogens with one attached hydrogen (secondary N) is 2. The van der Waals surface area contributed by atoms with Gasteiger partial charge in [0.1, 0.15) is 4.90 Å². The summed E-state index contributed by atoms with van der Waals surface area (Å²) in [5, 5.41) is 25.2. The lowest BCUT2D eigenvalue weighted by Gasteiger charge is -2.13. The highest BCUT2D eigenvalue weighted by Crippen LogP contribution is 2.30. The summed E-state index contributed by atoms with van der Waals surface area (Å²) >= 11 is 6.03. The Labute approximate surface area is 194 Å². The van der Waals surface area contributed by atoms with Crippen molar-refractivity contribution < 1.29 is 23.2 Å². The topological polar surface area (TPSA) is 143 Å². The molecule has 3 aromatic rings. The molecule has 33 heavy (non-hydrogen) atoms. The SMILES string of the molecule is CCOc1cc(/C=N/Nc2ccc([N+](=O)[O-])cc2S(=O)(=O)Nc2ccccc2Cl)ccc1O. The molecule has 0 aliphatic heterocycles. The molecule has 0 amide bonds. The lowest BCUT2D eigenvalue weighted by Crippen LogP contribution is -2.15. The molecule has 0 bridgehead atoms. The van der Waals surface area contributed by atoms with Crippen molar-refractivity contribution in [3.05, 3.63) is 81.4 Å². The zero-order valence-electron chi connectivity index (χ0n) is 17.2. The summed E-state index contributed by atoms with van der Waals surface area (Å²) in [5.41, 5.74) is 2.86. The summed E-state index contributed by atoms with van der Waals surface area (Å²) in [6.07, 6.45) is 1.38. The molecule has 0 heterocycles. The Hall–Kier alpha value is -3.83. The zero-order valence-corrected chi connectivity index (χ0v) is 18.8. The average molecular weight is 491 g/mol. The number of hydrogen-bond acceptors (Lipinski definition) is 8. The third-order valence-electron chi connectivity index (χ3n) is 4.27. The number of benzene rings is 3. The van der Waals surface area contributed by atoms with Gasteiger partial charge < -0.3 is 9.84 Å². The number of ether oxygens (including phenoxy) is 1. The second kappa shape index (κ2) is 10.2. The molecule has 0 aromatic heterocycles. The molecule has 12 heteroatoms. The van der Waals surface area contributed by atoms with Crippen LogP contribution in [0.2, 0.25) is 5.02 Å². The highest BCUT2D eigenvalue weighted by molar-refractivity contribution is 7.93. The number of halogens is 1. The third kappa shape index (κ3) is 5.90. The van der Waals surface area contributed by atoms with Crippen LogP contribution >= 0.6 is 11.6 Å². The fraction of sp³-hybridized carbons (Fsp3) is 0.0952. The van der Waals surface area contributed by atoms with E-state index in [0.29, 0.717) is 12.2 Å². The van der Waals surface area contributed by atoms with Gasteiger partial charge >= 0.3 is 0 Å². The van der Waals surface area contributed by atoms with Crippen LogP contribution in [0.5, 0.6) is 11.5 Å². The van der Waals surface area contributed by atoms with Crippen LogP contribution in [0.25, 0.3) is 0 Å². The maximum atomic E-state index is 13.0. The van der Waals surface area contributed by atoms with Crippen molar-refractivity contribution in [2.75, 3.05) is 16.8 Å². The number of phenols is 1. The molecule has 0 saturated carbocycles. The van der Waals surface area contributed by atoms with Crippen molar-refractivity contribution in [2.24, 2.45) is 5.10 Å². The van der Waals surface area contributed by atoms with Gasteiger partial charge in [-0.05, 0) is 48.9 Å². The van der Waals surface area contributed by atoms with Crippen molar-refractivity contribution >= 4 is 44.9 Å². The summed E-state index contributed by atoms with van der Waals surface area (Å²) in [7, 11) is -4.27. The number of nitro groups is 1. The normalized spacial score (nSPS) is 11.3. The van der Waals surface area contributed by atoms with Gasteiger partial charge in [-0.1, -0.05) is 23.7 Å². The number of para-hydroxylation sites is 1. The van der Waals surface area contributed by atoms with Crippen molar-refractivity contribution in [3.63, 3.8) is 0 Å². The van der Waals surface area contributed by atoms with Gasteiger partial charge in [0.05, 0.1) is 34.1 Å². The van der Waals surface area contributed by atoms with Crippen LogP contribution in [0.4, 0.5) is 17.1 Å². The fourth-order valence-corrected chi connectivity index (χ4v) is 4.24. The quantitative estimate of drug-likeness (QED) is 0.226. The predicted molar refractivity (Wildman–Crippen MR) is 126 cm³/mol. The van der Waals surface area contributed by atoms with Crippen molar-refractivity contribution in [2.45, 2.75) is 11.8 Å². The first-order valence-corrected chi connectivity index (χ1v) is 11.4. The van der Waals surface area contributed by atoms with Crippen LogP contribution in [-0.4, -0.2) is 31.3 Å². The zero-order chi connectivity index (χ0) is 24.0. The molecular formula is C21H19ClN4O6S. The van der Waals surface area contributed by atoms with Gasteiger partial charge in [0.25, 0.3) is 15.7 Å².